The predicted molar refractivity (Wildman–Crippen MR) is 74.7 cm³/mol. The monoisotopic (exact) mass is 262 g/mol. The zero-order chi connectivity index (χ0) is 13.3. The minimum atomic E-state index is -0.439. The lowest BCUT2D eigenvalue weighted by molar-refractivity contribution is 0.611. The van der Waals surface area contributed by atoms with Crippen molar-refractivity contribution in [1.29, 1.82) is 0 Å². The quantitative estimate of drug-likeness (QED) is 0.662. The van der Waals surface area contributed by atoms with Gasteiger partial charge >= 0.3 is 0 Å². The van der Waals surface area contributed by atoms with Crippen LogP contribution in [0.4, 0.5) is 4.39 Å². The molecule has 0 saturated heterocycles. The van der Waals surface area contributed by atoms with Crippen molar-refractivity contribution in [3.8, 4) is 0 Å². The number of rotatable bonds is 2. The Hall–Kier alpha value is -1.34. The van der Waals surface area contributed by atoms with Gasteiger partial charge in [0.2, 0.25) is 0 Å². The van der Waals surface area contributed by atoms with Crippen LogP contribution < -0.4 is 0 Å². The van der Waals surface area contributed by atoms with Crippen molar-refractivity contribution in [2.24, 2.45) is 0 Å². The molecule has 18 heavy (non-hydrogen) atoms. The third-order valence-corrected chi connectivity index (χ3v) is 3.59. The summed E-state index contributed by atoms with van der Waals surface area (Å²) in [6, 6.07) is 11.1. The van der Waals surface area contributed by atoms with Crippen molar-refractivity contribution < 1.29 is 4.39 Å². The molecule has 0 saturated carbocycles. The molecule has 0 spiro atoms. The fraction of sp³-hybridized carbons (Fsp3) is 0.250. The van der Waals surface area contributed by atoms with Crippen LogP contribution in [0.2, 0.25) is 0 Å². The van der Waals surface area contributed by atoms with E-state index in [0.29, 0.717) is 5.56 Å². The van der Waals surface area contributed by atoms with E-state index in [-0.39, 0.29) is 5.82 Å². The normalized spacial score (nSPS) is 12.5. The molecule has 0 aliphatic rings. The minimum absolute atomic E-state index is 0.249. The van der Waals surface area contributed by atoms with Gasteiger partial charge in [0.25, 0.3) is 0 Å². The molecule has 0 aliphatic carbocycles. The van der Waals surface area contributed by atoms with Gasteiger partial charge in [-0.05, 0) is 38.0 Å². The Kier molecular flexibility index (Phi) is 3.72. The molecule has 0 fully saturated rings. The maximum absolute atomic E-state index is 13.8. The molecule has 2 heteroatoms. The summed E-state index contributed by atoms with van der Waals surface area (Å²) in [6.07, 6.45) is 0. The largest absolute Gasteiger partial charge is 0.207 e. The van der Waals surface area contributed by atoms with Gasteiger partial charge < -0.3 is 0 Å². The summed E-state index contributed by atoms with van der Waals surface area (Å²) in [6.45, 7) is 5.98. The zero-order valence-corrected chi connectivity index (χ0v) is 11.6. The molecule has 2 aromatic rings. The molecule has 94 valence electrons. The van der Waals surface area contributed by atoms with Crippen molar-refractivity contribution >= 4 is 11.6 Å². The second kappa shape index (κ2) is 5.11. The lowest BCUT2D eigenvalue weighted by Gasteiger charge is -2.15. The summed E-state index contributed by atoms with van der Waals surface area (Å²) in [5.41, 5.74) is 4.80. The average molecular weight is 263 g/mol. The van der Waals surface area contributed by atoms with E-state index in [0.717, 1.165) is 16.7 Å². The lowest BCUT2D eigenvalue weighted by atomic mass is 9.97. The average Bonchev–Trinajstić information content (AvgIpc) is 2.31. The summed E-state index contributed by atoms with van der Waals surface area (Å²) in [7, 11) is 0. The summed E-state index contributed by atoms with van der Waals surface area (Å²) < 4.78 is 13.8. The number of hydrogen-bond acceptors (Lipinski definition) is 0. The minimum Gasteiger partial charge on any atom is -0.207 e. The van der Waals surface area contributed by atoms with Gasteiger partial charge in [-0.1, -0.05) is 41.5 Å². The lowest BCUT2D eigenvalue weighted by Crippen LogP contribution is -2.00. The van der Waals surface area contributed by atoms with Crippen molar-refractivity contribution in [1.82, 2.24) is 0 Å². The second-order valence-corrected chi connectivity index (χ2v) is 5.18. The van der Waals surface area contributed by atoms with Crippen LogP contribution >= 0.6 is 11.6 Å². The molecule has 0 radical (unpaired) electrons. The third-order valence-electron chi connectivity index (χ3n) is 3.12. The summed E-state index contributed by atoms with van der Waals surface area (Å²) in [4.78, 5) is 0. The third kappa shape index (κ3) is 2.56. The molecular formula is C16H16ClF. The molecule has 0 nitrogen and oxygen atoms in total. The van der Waals surface area contributed by atoms with Gasteiger partial charge in [-0.15, -0.1) is 11.6 Å². The molecule has 0 bridgehead atoms. The first-order valence-electron chi connectivity index (χ1n) is 5.96. The van der Waals surface area contributed by atoms with Crippen molar-refractivity contribution in [3.63, 3.8) is 0 Å². The smallest absolute Gasteiger partial charge is 0.128 e. The van der Waals surface area contributed by atoms with E-state index >= 15 is 0 Å². The Bertz CT molecular complexity index is 575. The summed E-state index contributed by atoms with van der Waals surface area (Å²) in [5.74, 6) is -0.249. The van der Waals surface area contributed by atoms with Gasteiger partial charge in [-0.3, -0.25) is 0 Å². The van der Waals surface area contributed by atoms with E-state index < -0.39 is 5.38 Å². The second-order valence-electron chi connectivity index (χ2n) is 4.75. The molecule has 1 atom stereocenters. The summed E-state index contributed by atoms with van der Waals surface area (Å²) >= 11 is 6.43. The Balaban J connectivity index is 2.47. The van der Waals surface area contributed by atoms with Gasteiger partial charge in [-0.25, -0.2) is 4.39 Å². The number of hydrogen-bond donors (Lipinski definition) is 0. The van der Waals surface area contributed by atoms with Gasteiger partial charge in [0.15, 0.2) is 0 Å². The van der Waals surface area contributed by atoms with Crippen LogP contribution in [0.5, 0.6) is 0 Å². The number of benzene rings is 2. The highest BCUT2D eigenvalue weighted by Crippen LogP contribution is 2.33. The van der Waals surface area contributed by atoms with Gasteiger partial charge in [0.05, 0.1) is 5.38 Å². The van der Waals surface area contributed by atoms with E-state index in [2.05, 4.69) is 6.07 Å². The molecule has 2 rings (SSSR count). The van der Waals surface area contributed by atoms with Gasteiger partial charge in [0.1, 0.15) is 5.82 Å². The highest BCUT2D eigenvalue weighted by molar-refractivity contribution is 6.22. The first-order chi connectivity index (χ1) is 8.49. The fourth-order valence-corrected chi connectivity index (χ4v) is 2.55. The van der Waals surface area contributed by atoms with Crippen molar-refractivity contribution in [2.45, 2.75) is 26.1 Å². The first-order valence-corrected chi connectivity index (χ1v) is 6.40. The molecule has 0 N–H and O–H groups in total. The fourth-order valence-electron chi connectivity index (χ4n) is 2.13. The maximum atomic E-state index is 13.8. The van der Waals surface area contributed by atoms with Crippen LogP contribution in [0.25, 0.3) is 0 Å². The van der Waals surface area contributed by atoms with Crippen LogP contribution in [-0.2, 0) is 0 Å². The van der Waals surface area contributed by atoms with Crippen LogP contribution in [-0.4, -0.2) is 0 Å². The van der Waals surface area contributed by atoms with Crippen molar-refractivity contribution in [2.75, 3.05) is 0 Å². The Morgan fingerprint density at radius 2 is 1.50 bits per heavy atom. The Morgan fingerprint density at radius 3 is 2.17 bits per heavy atom. The molecule has 0 amide bonds. The molecule has 0 aromatic heterocycles. The van der Waals surface area contributed by atoms with Crippen LogP contribution in [0.3, 0.4) is 0 Å². The van der Waals surface area contributed by atoms with Crippen LogP contribution in [0.15, 0.2) is 36.4 Å². The number of alkyl halides is 1. The Labute approximate surface area is 112 Å². The van der Waals surface area contributed by atoms with Crippen LogP contribution in [0.1, 0.15) is 33.2 Å². The molecule has 2 aromatic carbocycles. The van der Waals surface area contributed by atoms with E-state index in [1.807, 2.05) is 39.0 Å². The summed E-state index contributed by atoms with van der Waals surface area (Å²) in [5, 5.41) is -0.439. The topological polar surface area (TPSA) is 0 Å². The maximum Gasteiger partial charge on any atom is 0.128 e. The predicted octanol–water partition coefficient (Wildman–Crippen LogP) is 5.08. The highest BCUT2D eigenvalue weighted by atomic mass is 35.5. The standard InChI is InChI=1S/C16H16ClF/c1-10-4-6-13(12(3)8-10)16(17)14-9-11(2)5-7-15(14)18/h4-9,16H,1-3H3. The molecular weight excluding hydrogens is 247 g/mol. The Morgan fingerprint density at radius 1 is 0.889 bits per heavy atom. The van der Waals surface area contributed by atoms with E-state index in [1.54, 1.807) is 6.07 Å². The highest BCUT2D eigenvalue weighted by Gasteiger charge is 2.17. The van der Waals surface area contributed by atoms with E-state index in [1.165, 1.54) is 11.6 Å². The molecule has 0 aliphatic heterocycles. The number of halogens is 2. The molecule has 0 heterocycles. The SMILES string of the molecule is Cc1ccc(C(Cl)c2cc(C)ccc2F)c(C)c1. The van der Waals surface area contributed by atoms with Gasteiger partial charge in [0, 0.05) is 5.56 Å². The van der Waals surface area contributed by atoms with Gasteiger partial charge in [-0.2, -0.15) is 0 Å². The van der Waals surface area contributed by atoms with E-state index in [9.17, 15) is 4.39 Å². The zero-order valence-electron chi connectivity index (χ0n) is 10.8. The van der Waals surface area contributed by atoms with E-state index in [4.69, 9.17) is 11.6 Å². The molecule has 1 unspecified atom stereocenters. The first kappa shape index (κ1) is 13.1. The number of aryl methyl sites for hydroxylation is 3. The van der Waals surface area contributed by atoms with Crippen molar-refractivity contribution in [3.05, 3.63) is 70.0 Å². The van der Waals surface area contributed by atoms with Crippen LogP contribution in [0, 0.1) is 26.6 Å².